The second-order valence-corrected chi connectivity index (χ2v) is 3.98. The summed E-state index contributed by atoms with van der Waals surface area (Å²) in [6.45, 7) is 0.00435. The van der Waals surface area contributed by atoms with Crippen molar-refractivity contribution in [2.75, 3.05) is 20.1 Å². The lowest BCUT2D eigenvalue weighted by molar-refractivity contribution is -0.142. The van der Waals surface area contributed by atoms with E-state index in [1.54, 1.807) is 5.32 Å². The van der Waals surface area contributed by atoms with Crippen LogP contribution < -0.4 is 11.1 Å². The zero-order valence-corrected chi connectivity index (χ0v) is 10.4. The summed E-state index contributed by atoms with van der Waals surface area (Å²) in [5.41, 5.74) is 5.54. The lowest BCUT2D eigenvalue weighted by atomic mass is 10.1. The molecular weight excluding hydrogens is 251 g/mol. The van der Waals surface area contributed by atoms with Gasteiger partial charge in [-0.2, -0.15) is 13.2 Å². The van der Waals surface area contributed by atoms with Crippen LogP contribution in [0.15, 0.2) is 0 Å². The molecular formula is C10H18F3N3O2. The fourth-order valence-electron chi connectivity index (χ4n) is 1.27. The third-order valence-corrected chi connectivity index (χ3v) is 2.16. The Kier molecular flexibility index (Phi) is 6.67. The van der Waals surface area contributed by atoms with Crippen molar-refractivity contribution >= 4 is 11.8 Å². The van der Waals surface area contributed by atoms with Crippen molar-refractivity contribution in [1.82, 2.24) is 10.2 Å². The van der Waals surface area contributed by atoms with Gasteiger partial charge in [0.15, 0.2) is 0 Å². The fourth-order valence-corrected chi connectivity index (χ4v) is 1.27. The van der Waals surface area contributed by atoms with E-state index in [-0.39, 0.29) is 0 Å². The summed E-state index contributed by atoms with van der Waals surface area (Å²) in [6, 6.07) is -0.726. The third-order valence-electron chi connectivity index (χ3n) is 2.16. The maximum atomic E-state index is 11.8. The number of rotatable bonds is 6. The molecule has 0 aliphatic carbocycles. The summed E-state index contributed by atoms with van der Waals surface area (Å²) in [5, 5.41) is 1.68. The SMILES string of the molecule is CCC[C@H](N)C(=O)N(C)CC(=O)NCC(F)(F)F. The van der Waals surface area contributed by atoms with Crippen LogP contribution in [0.1, 0.15) is 19.8 Å². The monoisotopic (exact) mass is 269 g/mol. The van der Waals surface area contributed by atoms with Gasteiger partial charge in [-0.05, 0) is 6.42 Å². The van der Waals surface area contributed by atoms with Gasteiger partial charge in [-0.25, -0.2) is 0 Å². The number of hydrogen-bond acceptors (Lipinski definition) is 3. The van der Waals surface area contributed by atoms with Gasteiger partial charge in [-0.1, -0.05) is 13.3 Å². The van der Waals surface area contributed by atoms with Gasteiger partial charge < -0.3 is 16.0 Å². The highest BCUT2D eigenvalue weighted by Gasteiger charge is 2.28. The number of hydrogen-bond donors (Lipinski definition) is 2. The first-order chi connectivity index (χ1) is 8.17. The van der Waals surface area contributed by atoms with E-state index in [9.17, 15) is 22.8 Å². The number of carbonyl (C=O) groups is 2. The molecule has 0 saturated heterocycles. The number of carbonyl (C=O) groups excluding carboxylic acids is 2. The molecule has 0 unspecified atom stereocenters. The highest BCUT2D eigenvalue weighted by Crippen LogP contribution is 2.12. The molecule has 18 heavy (non-hydrogen) atoms. The molecule has 0 aromatic heterocycles. The van der Waals surface area contributed by atoms with Gasteiger partial charge in [-0.3, -0.25) is 9.59 Å². The van der Waals surface area contributed by atoms with E-state index < -0.39 is 37.1 Å². The molecule has 8 heteroatoms. The van der Waals surface area contributed by atoms with E-state index in [1.807, 2.05) is 6.92 Å². The lowest BCUT2D eigenvalue weighted by Crippen LogP contribution is -2.47. The molecule has 0 aliphatic rings. The van der Waals surface area contributed by atoms with E-state index in [2.05, 4.69) is 0 Å². The first-order valence-electron chi connectivity index (χ1n) is 5.51. The lowest BCUT2D eigenvalue weighted by Gasteiger charge is -2.20. The normalized spacial score (nSPS) is 13.0. The zero-order chi connectivity index (χ0) is 14.3. The molecule has 106 valence electrons. The molecule has 5 nitrogen and oxygen atoms in total. The fraction of sp³-hybridized carbons (Fsp3) is 0.800. The van der Waals surface area contributed by atoms with Crippen LogP contribution in [0.2, 0.25) is 0 Å². The predicted octanol–water partition coefficient (Wildman–Crippen LogP) is 0.251. The summed E-state index contributed by atoms with van der Waals surface area (Å²) < 4.78 is 35.5. The minimum atomic E-state index is -4.46. The average Bonchev–Trinajstić information content (AvgIpc) is 2.24. The topological polar surface area (TPSA) is 75.4 Å². The van der Waals surface area contributed by atoms with Crippen molar-refractivity contribution in [1.29, 1.82) is 0 Å². The maximum absolute atomic E-state index is 11.8. The van der Waals surface area contributed by atoms with Crippen molar-refractivity contribution in [3.8, 4) is 0 Å². The van der Waals surface area contributed by atoms with Gasteiger partial charge >= 0.3 is 6.18 Å². The van der Waals surface area contributed by atoms with Crippen molar-refractivity contribution in [2.45, 2.75) is 32.0 Å². The Hall–Kier alpha value is -1.31. The van der Waals surface area contributed by atoms with Crippen LogP contribution in [0.4, 0.5) is 13.2 Å². The predicted molar refractivity (Wildman–Crippen MR) is 59.6 cm³/mol. The van der Waals surface area contributed by atoms with Crippen LogP contribution in [0.5, 0.6) is 0 Å². The van der Waals surface area contributed by atoms with E-state index in [1.165, 1.54) is 7.05 Å². The number of likely N-dealkylation sites (N-methyl/N-ethyl adjacent to an activating group) is 1. The molecule has 0 heterocycles. The summed E-state index contributed by atoms with van der Waals surface area (Å²) in [4.78, 5) is 23.7. The van der Waals surface area contributed by atoms with Gasteiger partial charge in [0.1, 0.15) is 6.54 Å². The summed E-state index contributed by atoms with van der Waals surface area (Å²) in [7, 11) is 1.32. The number of nitrogens with one attached hydrogen (secondary N) is 1. The standard InChI is InChI=1S/C10H18F3N3O2/c1-3-4-7(14)9(18)16(2)5-8(17)15-6-10(11,12)13/h7H,3-6,14H2,1-2H3,(H,15,17)/t7-/m0/s1. The molecule has 0 rings (SSSR count). The van der Waals surface area contributed by atoms with Gasteiger partial charge in [0, 0.05) is 7.05 Å². The molecule has 0 fully saturated rings. The number of nitrogens with zero attached hydrogens (tertiary/aromatic N) is 1. The van der Waals surface area contributed by atoms with Crippen molar-refractivity contribution in [3.63, 3.8) is 0 Å². The largest absolute Gasteiger partial charge is 0.405 e. The Bertz CT molecular complexity index is 295. The summed E-state index contributed by atoms with van der Waals surface area (Å²) >= 11 is 0. The second-order valence-electron chi connectivity index (χ2n) is 3.98. The van der Waals surface area contributed by atoms with E-state index >= 15 is 0 Å². The Balaban J connectivity index is 4.11. The number of amides is 2. The molecule has 0 spiro atoms. The van der Waals surface area contributed by atoms with Crippen molar-refractivity contribution in [2.24, 2.45) is 5.73 Å². The first-order valence-corrected chi connectivity index (χ1v) is 5.51. The highest BCUT2D eigenvalue weighted by molar-refractivity contribution is 5.87. The number of nitrogens with two attached hydrogens (primary N) is 1. The molecule has 0 aliphatic heterocycles. The minimum Gasteiger partial charge on any atom is -0.345 e. The minimum absolute atomic E-state index is 0.438. The smallest absolute Gasteiger partial charge is 0.345 e. The summed E-state index contributed by atoms with van der Waals surface area (Å²) in [5.74, 6) is -1.33. The van der Waals surface area contributed by atoms with Gasteiger partial charge in [-0.15, -0.1) is 0 Å². The van der Waals surface area contributed by atoms with Crippen LogP contribution in [0.3, 0.4) is 0 Å². The van der Waals surface area contributed by atoms with E-state index in [4.69, 9.17) is 5.73 Å². The molecule has 1 atom stereocenters. The second kappa shape index (κ2) is 7.20. The quantitative estimate of drug-likeness (QED) is 0.726. The van der Waals surface area contributed by atoms with Crippen molar-refractivity contribution in [3.05, 3.63) is 0 Å². The van der Waals surface area contributed by atoms with E-state index in [0.29, 0.717) is 12.8 Å². The Labute approximate surface area is 103 Å². The van der Waals surface area contributed by atoms with Crippen LogP contribution in [-0.4, -0.2) is 49.1 Å². The van der Waals surface area contributed by atoms with Gasteiger partial charge in [0.25, 0.3) is 0 Å². The van der Waals surface area contributed by atoms with Crippen LogP contribution in [-0.2, 0) is 9.59 Å². The average molecular weight is 269 g/mol. The molecule has 0 saturated carbocycles. The Morgan fingerprint density at radius 3 is 2.39 bits per heavy atom. The molecule has 3 N–H and O–H groups in total. The van der Waals surface area contributed by atoms with E-state index in [0.717, 1.165) is 4.90 Å². The van der Waals surface area contributed by atoms with Crippen LogP contribution >= 0.6 is 0 Å². The highest BCUT2D eigenvalue weighted by atomic mass is 19.4. The summed E-state index contributed by atoms with van der Waals surface area (Å²) in [6.07, 6.45) is -3.29. The van der Waals surface area contributed by atoms with Crippen molar-refractivity contribution < 1.29 is 22.8 Å². The van der Waals surface area contributed by atoms with Crippen LogP contribution in [0.25, 0.3) is 0 Å². The Morgan fingerprint density at radius 2 is 1.94 bits per heavy atom. The zero-order valence-electron chi connectivity index (χ0n) is 10.4. The molecule has 0 bridgehead atoms. The number of halogens is 3. The third kappa shape index (κ3) is 7.10. The first kappa shape index (κ1) is 16.7. The molecule has 0 radical (unpaired) electrons. The van der Waals surface area contributed by atoms with Gasteiger partial charge in [0.05, 0.1) is 12.6 Å². The molecule has 0 aromatic rings. The Morgan fingerprint density at radius 1 is 1.39 bits per heavy atom. The number of alkyl halides is 3. The van der Waals surface area contributed by atoms with Crippen LogP contribution in [0, 0.1) is 0 Å². The maximum Gasteiger partial charge on any atom is 0.405 e. The molecule has 2 amide bonds. The van der Waals surface area contributed by atoms with Gasteiger partial charge in [0.2, 0.25) is 11.8 Å². The molecule has 0 aromatic carbocycles.